The van der Waals surface area contributed by atoms with Crippen molar-refractivity contribution in [1.29, 1.82) is 0 Å². The molecule has 0 bridgehead atoms. The lowest BCUT2D eigenvalue weighted by molar-refractivity contribution is -0.119. The highest BCUT2D eigenvalue weighted by atomic mass is 32.2. The Balaban J connectivity index is 3.64. The Hall–Kier alpha value is -0.750. The SMILES string of the molecule is CSC(C)(C)CNCC(=O)NC(N)=O. The first kappa shape index (κ1) is 13.2. The van der Waals surface area contributed by atoms with E-state index >= 15 is 0 Å². The molecule has 0 aliphatic heterocycles. The number of nitrogens with one attached hydrogen (secondary N) is 2. The largest absolute Gasteiger partial charge is 0.351 e. The van der Waals surface area contributed by atoms with Gasteiger partial charge in [0.25, 0.3) is 0 Å². The van der Waals surface area contributed by atoms with Crippen molar-refractivity contribution < 1.29 is 9.59 Å². The third kappa shape index (κ3) is 6.73. The van der Waals surface area contributed by atoms with Crippen LogP contribution in [0.15, 0.2) is 0 Å². The summed E-state index contributed by atoms with van der Waals surface area (Å²) in [5.74, 6) is -0.408. The van der Waals surface area contributed by atoms with Crippen LogP contribution >= 0.6 is 11.8 Å². The Labute approximate surface area is 88.2 Å². The number of carbonyl (C=O) groups excluding carboxylic acids is 2. The molecule has 0 atom stereocenters. The number of amides is 3. The van der Waals surface area contributed by atoms with Crippen molar-refractivity contribution in [3.05, 3.63) is 0 Å². The van der Waals surface area contributed by atoms with Crippen LogP contribution in [0.4, 0.5) is 4.79 Å². The molecule has 6 heteroatoms. The molecule has 0 aromatic heterocycles. The van der Waals surface area contributed by atoms with E-state index in [2.05, 4.69) is 19.2 Å². The minimum atomic E-state index is -0.819. The minimum Gasteiger partial charge on any atom is -0.351 e. The second-order valence-electron chi connectivity index (χ2n) is 3.48. The van der Waals surface area contributed by atoms with E-state index in [9.17, 15) is 9.59 Å². The molecule has 4 N–H and O–H groups in total. The second-order valence-corrected chi connectivity index (χ2v) is 4.99. The summed E-state index contributed by atoms with van der Waals surface area (Å²) in [7, 11) is 0. The van der Waals surface area contributed by atoms with E-state index in [1.54, 1.807) is 11.8 Å². The number of thioether (sulfide) groups is 1. The van der Waals surface area contributed by atoms with Gasteiger partial charge in [-0.15, -0.1) is 0 Å². The van der Waals surface area contributed by atoms with Gasteiger partial charge >= 0.3 is 6.03 Å². The highest BCUT2D eigenvalue weighted by molar-refractivity contribution is 7.99. The summed E-state index contributed by atoms with van der Waals surface area (Å²) in [6, 6.07) is -0.819. The molecule has 0 spiro atoms. The molecule has 14 heavy (non-hydrogen) atoms. The summed E-state index contributed by atoms with van der Waals surface area (Å²) in [6.45, 7) is 4.93. The fraction of sp³-hybridized carbons (Fsp3) is 0.750. The quantitative estimate of drug-likeness (QED) is 0.603. The first-order valence-electron chi connectivity index (χ1n) is 4.22. The van der Waals surface area contributed by atoms with Gasteiger partial charge in [-0.05, 0) is 20.1 Å². The number of hydrogen-bond acceptors (Lipinski definition) is 4. The molecular formula is C8H17N3O2S. The lowest BCUT2D eigenvalue weighted by Gasteiger charge is -2.21. The maximum atomic E-state index is 10.9. The summed E-state index contributed by atoms with van der Waals surface area (Å²) < 4.78 is 0.0764. The number of carbonyl (C=O) groups is 2. The average Bonchev–Trinajstić information content (AvgIpc) is 2.02. The Bertz CT molecular complexity index is 219. The highest BCUT2D eigenvalue weighted by Crippen LogP contribution is 2.19. The van der Waals surface area contributed by atoms with Crippen molar-refractivity contribution in [2.45, 2.75) is 18.6 Å². The lowest BCUT2D eigenvalue weighted by Crippen LogP contribution is -2.43. The Morgan fingerprint density at radius 1 is 1.43 bits per heavy atom. The fourth-order valence-corrected chi connectivity index (χ4v) is 0.977. The fourth-order valence-electron chi connectivity index (χ4n) is 0.731. The molecule has 0 aliphatic rings. The monoisotopic (exact) mass is 219 g/mol. The summed E-state index contributed by atoms with van der Waals surface area (Å²) in [6.07, 6.45) is 2.01. The van der Waals surface area contributed by atoms with Crippen LogP contribution in [0.25, 0.3) is 0 Å². The lowest BCUT2D eigenvalue weighted by atomic mass is 10.2. The predicted molar refractivity (Wildman–Crippen MR) is 58.2 cm³/mol. The first-order chi connectivity index (χ1) is 6.37. The van der Waals surface area contributed by atoms with Gasteiger partial charge in [-0.3, -0.25) is 10.1 Å². The van der Waals surface area contributed by atoms with E-state index in [1.165, 1.54) is 0 Å². The topological polar surface area (TPSA) is 84.2 Å². The molecule has 0 aromatic rings. The number of hydrogen-bond donors (Lipinski definition) is 3. The van der Waals surface area contributed by atoms with E-state index in [0.29, 0.717) is 6.54 Å². The third-order valence-electron chi connectivity index (χ3n) is 1.65. The molecular weight excluding hydrogens is 202 g/mol. The summed E-state index contributed by atoms with van der Waals surface area (Å²) in [5.41, 5.74) is 4.77. The summed E-state index contributed by atoms with van der Waals surface area (Å²) in [5, 5.41) is 4.92. The van der Waals surface area contributed by atoms with Crippen LogP contribution < -0.4 is 16.4 Å². The van der Waals surface area contributed by atoms with Crippen LogP contribution in [-0.2, 0) is 4.79 Å². The highest BCUT2D eigenvalue weighted by Gasteiger charge is 2.15. The van der Waals surface area contributed by atoms with Crippen LogP contribution in [0.3, 0.4) is 0 Å². The van der Waals surface area contributed by atoms with Gasteiger partial charge in [-0.25, -0.2) is 4.79 Å². The maximum Gasteiger partial charge on any atom is 0.318 e. The average molecular weight is 219 g/mol. The van der Waals surface area contributed by atoms with Crippen molar-refractivity contribution in [3.63, 3.8) is 0 Å². The third-order valence-corrected chi connectivity index (χ3v) is 2.90. The Kier molecular flexibility index (Phi) is 5.56. The van der Waals surface area contributed by atoms with E-state index in [-0.39, 0.29) is 11.3 Å². The van der Waals surface area contributed by atoms with Crippen LogP contribution in [0.5, 0.6) is 0 Å². The Morgan fingerprint density at radius 2 is 2.00 bits per heavy atom. The minimum absolute atomic E-state index is 0.0764. The van der Waals surface area contributed by atoms with Crippen LogP contribution in [0, 0.1) is 0 Å². The first-order valence-corrected chi connectivity index (χ1v) is 5.45. The number of rotatable bonds is 5. The van der Waals surface area contributed by atoms with Crippen LogP contribution in [0.1, 0.15) is 13.8 Å². The normalized spacial score (nSPS) is 11.1. The molecule has 82 valence electrons. The van der Waals surface area contributed by atoms with Crippen LogP contribution in [0.2, 0.25) is 0 Å². The van der Waals surface area contributed by atoms with Crippen molar-refractivity contribution in [1.82, 2.24) is 10.6 Å². The van der Waals surface area contributed by atoms with Crippen molar-refractivity contribution in [3.8, 4) is 0 Å². The number of primary amides is 1. The van der Waals surface area contributed by atoms with E-state index in [1.807, 2.05) is 11.6 Å². The molecule has 0 heterocycles. The smallest absolute Gasteiger partial charge is 0.318 e. The molecule has 0 radical (unpaired) electrons. The molecule has 0 aromatic carbocycles. The number of imide groups is 1. The summed E-state index contributed by atoms with van der Waals surface area (Å²) in [4.78, 5) is 21.2. The van der Waals surface area contributed by atoms with Gasteiger partial charge in [-0.2, -0.15) is 11.8 Å². The van der Waals surface area contributed by atoms with E-state index < -0.39 is 11.9 Å². The van der Waals surface area contributed by atoms with Gasteiger partial charge in [0.15, 0.2) is 0 Å². The van der Waals surface area contributed by atoms with Gasteiger partial charge in [0.1, 0.15) is 0 Å². The summed E-state index contributed by atoms with van der Waals surface area (Å²) >= 11 is 1.71. The molecule has 0 saturated carbocycles. The van der Waals surface area contributed by atoms with Crippen molar-refractivity contribution >= 4 is 23.7 Å². The van der Waals surface area contributed by atoms with Crippen molar-refractivity contribution in [2.24, 2.45) is 5.73 Å². The molecule has 0 unspecified atom stereocenters. The zero-order valence-corrected chi connectivity index (χ0v) is 9.53. The van der Waals surface area contributed by atoms with Gasteiger partial charge in [0.2, 0.25) is 5.91 Å². The molecule has 5 nitrogen and oxygen atoms in total. The van der Waals surface area contributed by atoms with Gasteiger partial charge in [-0.1, -0.05) is 0 Å². The van der Waals surface area contributed by atoms with Crippen molar-refractivity contribution in [2.75, 3.05) is 19.3 Å². The molecule has 0 rings (SSSR count). The van der Waals surface area contributed by atoms with Crippen LogP contribution in [-0.4, -0.2) is 36.0 Å². The zero-order valence-electron chi connectivity index (χ0n) is 8.72. The molecule has 3 amide bonds. The van der Waals surface area contributed by atoms with Gasteiger partial charge < -0.3 is 11.1 Å². The molecule has 0 fully saturated rings. The van der Waals surface area contributed by atoms with Gasteiger partial charge in [0, 0.05) is 11.3 Å². The maximum absolute atomic E-state index is 10.9. The van der Waals surface area contributed by atoms with E-state index in [4.69, 9.17) is 5.73 Å². The standard InChI is InChI=1S/C8H17N3O2S/c1-8(2,14-3)5-10-4-6(12)11-7(9)13/h10H,4-5H2,1-3H3,(H3,9,11,12,13). The molecule has 0 saturated heterocycles. The predicted octanol–water partition coefficient (Wildman–Crippen LogP) is -0.0875. The molecule has 0 aliphatic carbocycles. The number of urea groups is 1. The zero-order chi connectivity index (χ0) is 11.2. The number of nitrogens with two attached hydrogens (primary N) is 1. The Morgan fingerprint density at radius 3 is 2.43 bits per heavy atom. The van der Waals surface area contributed by atoms with E-state index in [0.717, 1.165) is 0 Å². The van der Waals surface area contributed by atoms with Gasteiger partial charge in [0.05, 0.1) is 6.54 Å². The second kappa shape index (κ2) is 5.87.